The highest BCUT2D eigenvalue weighted by molar-refractivity contribution is 5.86. The van der Waals surface area contributed by atoms with Gasteiger partial charge in [0.15, 0.2) is 0 Å². The van der Waals surface area contributed by atoms with Gasteiger partial charge in [0.1, 0.15) is 0 Å². The van der Waals surface area contributed by atoms with Crippen molar-refractivity contribution in [1.29, 1.82) is 0 Å². The zero-order valence-corrected chi connectivity index (χ0v) is 11.9. The van der Waals surface area contributed by atoms with Crippen LogP contribution >= 0.6 is 0 Å². The first-order valence-electron chi connectivity index (χ1n) is 6.89. The molecule has 0 fully saturated rings. The highest BCUT2D eigenvalue weighted by Crippen LogP contribution is 2.25. The van der Waals surface area contributed by atoms with Crippen molar-refractivity contribution >= 4 is 17.5 Å². The Balaban J connectivity index is 2.11. The molecule has 0 bridgehead atoms. The number of anilines is 1. The quantitative estimate of drug-likeness (QED) is 0.860. The number of hydrogen-bond donors (Lipinski definition) is 2. The Morgan fingerprint density at radius 2 is 2.10 bits per heavy atom. The molecule has 1 aliphatic heterocycles. The summed E-state index contributed by atoms with van der Waals surface area (Å²) >= 11 is 0. The fraction of sp³-hybridized carbons (Fsp3) is 0.467. The second kappa shape index (κ2) is 5.94. The summed E-state index contributed by atoms with van der Waals surface area (Å²) < 4.78 is 0. The maximum absolute atomic E-state index is 12.6. The van der Waals surface area contributed by atoms with Crippen LogP contribution in [0.4, 0.5) is 5.69 Å². The molecule has 1 heterocycles. The molecular formula is C15H21N3O2. The van der Waals surface area contributed by atoms with Crippen LogP contribution in [0.3, 0.4) is 0 Å². The van der Waals surface area contributed by atoms with Crippen molar-refractivity contribution in [3.63, 3.8) is 0 Å². The Morgan fingerprint density at radius 1 is 1.40 bits per heavy atom. The third-order valence-electron chi connectivity index (χ3n) is 3.60. The number of para-hydroxylation sites is 1. The summed E-state index contributed by atoms with van der Waals surface area (Å²) in [6.07, 6.45) is 0.698. The fourth-order valence-corrected chi connectivity index (χ4v) is 2.53. The molecule has 0 radical (unpaired) electrons. The van der Waals surface area contributed by atoms with E-state index in [1.165, 1.54) is 0 Å². The summed E-state index contributed by atoms with van der Waals surface area (Å²) in [6.45, 7) is 4.36. The number of nitrogens with one attached hydrogen (secondary N) is 1. The lowest BCUT2D eigenvalue weighted by molar-refractivity contribution is -0.140. The minimum atomic E-state index is -0.476. The van der Waals surface area contributed by atoms with Crippen LogP contribution in [0.2, 0.25) is 0 Å². The lowest BCUT2D eigenvalue weighted by Crippen LogP contribution is -2.48. The van der Waals surface area contributed by atoms with Gasteiger partial charge >= 0.3 is 0 Å². The van der Waals surface area contributed by atoms with Gasteiger partial charge in [0.05, 0.1) is 12.5 Å². The van der Waals surface area contributed by atoms with Crippen LogP contribution in [-0.2, 0) is 16.0 Å². The highest BCUT2D eigenvalue weighted by atomic mass is 16.2. The lowest BCUT2D eigenvalue weighted by atomic mass is 9.92. The van der Waals surface area contributed by atoms with E-state index in [1.807, 2.05) is 38.1 Å². The van der Waals surface area contributed by atoms with Crippen molar-refractivity contribution in [3.05, 3.63) is 29.8 Å². The van der Waals surface area contributed by atoms with E-state index in [9.17, 15) is 9.59 Å². The minimum Gasteiger partial charge on any atom is -0.384 e. The molecule has 5 heteroatoms. The van der Waals surface area contributed by atoms with Gasteiger partial charge in [0.2, 0.25) is 11.8 Å². The largest absolute Gasteiger partial charge is 0.384 e. The van der Waals surface area contributed by atoms with E-state index in [0.29, 0.717) is 13.0 Å². The third-order valence-corrected chi connectivity index (χ3v) is 3.60. The van der Waals surface area contributed by atoms with Crippen molar-refractivity contribution in [2.75, 3.05) is 18.4 Å². The number of carbonyl (C=O) groups excluding carboxylic acids is 2. The Hall–Kier alpha value is -2.04. The van der Waals surface area contributed by atoms with Gasteiger partial charge in [-0.25, -0.2) is 0 Å². The topological polar surface area (TPSA) is 75.4 Å². The van der Waals surface area contributed by atoms with E-state index < -0.39 is 5.91 Å². The molecule has 1 aromatic rings. The van der Waals surface area contributed by atoms with Gasteiger partial charge in [-0.3, -0.25) is 9.59 Å². The monoisotopic (exact) mass is 275 g/mol. The Labute approximate surface area is 119 Å². The van der Waals surface area contributed by atoms with E-state index >= 15 is 0 Å². The Bertz CT molecular complexity index is 514. The zero-order chi connectivity index (χ0) is 14.7. The number of hydrogen-bond acceptors (Lipinski definition) is 3. The summed E-state index contributed by atoms with van der Waals surface area (Å²) in [5, 5.41) is 3.28. The summed E-state index contributed by atoms with van der Waals surface area (Å²) in [5.74, 6) is -0.635. The first-order valence-corrected chi connectivity index (χ1v) is 6.89. The second-order valence-electron chi connectivity index (χ2n) is 5.47. The molecular weight excluding hydrogens is 254 g/mol. The molecule has 0 saturated carbocycles. The molecule has 0 spiro atoms. The van der Waals surface area contributed by atoms with Crippen LogP contribution in [0, 0.1) is 5.92 Å². The maximum atomic E-state index is 12.6. The van der Waals surface area contributed by atoms with Gasteiger partial charge in [-0.1, -0.05) is 18.2 Å². The van der Waals surface area contributed by atoms with Gasteiger partial charge < -0.3 is 16.0 Å². The summed E-state index contributed by atoms with van der Waals surface area (Å²) in [7, 11) is 0. The number of fused-ring (bicyclic) bond motifs is 1. The summed E-state index contributed by atoms with van der Waals surface area (Å²) in [6, 6.07) is 7.94. The van der Waals surface area contributed by atoms with Crippen LogP contribution < -0.4 is 11.1 Å². The lowest BCUT2D eigenvalue weighted by Gasteiger charge is -2.32. The Morgan fingerprint density at radius 3 is 2.75 bits per heavy atom. The average Bonchev–Trinajstić information content (AvgIpc) is 2.43. The van der Waals surface area contributed by atoms with E-state index in [2.05, 4.69) is 5.32 Å². The average molecular weight is 275 g/mol. The normalized spacial score (nSPS) is 17.2. The first kappa shape index (κ1) is 14.4. The predicted octanol–water partition coefficient (Wildman–Crippen LogP) is 0.993. The van der Waals surface area contributed by atoms with Crippen LogP contribution in [0.15, 0.2) is 24.3 Å². The molecule has 0 aliphatic carbocycles. The second-order valence-corrected chi connectivity index (χ2v) is 5.47. The van der Waals surface area contributed by atoms with E-state index in [4.69, 9.17) is 5.73 Å². The number of nitrogens with zero attached hydrogens (tertiary/aromatic N) is 1. The smallest absolute Gasteiger partial charge is 0.237 e. The van der Waals surface area contributed by atoms with E-state index in [0.717, 1.165) is 11.3 Å². The standard InChI is InChI=1S/C15H21N3O2/c1-10(2)18(9-14(16)19)15(20)12-7-11-5-3-4-6-13(11)17-8-12/h3-6,10,12,17H,7-9H2,1-2H3,(H2,16,19). The molecule has 0 aromatic heterocycles. The molecule has 3 N–H and O–H groups in total. The van der Waals surface area contributed by atoms with Crippen molar-refractivity contribution in [1.82, 2.24) is 4.90 Å². The molecule has 1 atom stereocenters. The van der Waals surface area contributed by atoms with Crippen molar-refractivity contribution < 1.29 is 9.59 Å². The molecule has 20 heavy (non-hydrogen) atoms. The van der Waals surface area contributed by atoms with Gasteiger partial charge in [0, 0.05) is 18.3 Å². The van der Waals surface area contributed by atoms with Gasteiger partial charge in [-0.05, 0) is 31.9 Å². The molecule has 0 saturated heterocycles. The SMILES string of the molecule is CC(C)N(CC(N)=O)C(=O)C1CNc2ccccc2C1. The van der Waals surface area contributed by atoms with Gasteiger partial charge in [-0.2, -0.15) is 0 Å². The van der Waals surface area contributed by atoms with Crippen LogP contribution in [0.1, 0.15) is 19.4 Å². The predicted molar refractivity (Wildman–Crippen MR) is 78.2 cm³/mol. The summed E-state index contributed by atoms with van der Waals surface area (Å²) in [5.41, 5.74) is 7.45. The van der Waals surface area contributed by atoms with E-state index in [1.54, 1.807) is 4.90 Å². The number of primary amides is 1. The molecule has 1 aromatic carbocycles. The van der Waals surface area contributed by atoms with Crippen molar-refractivity contribution in [2.45, 2.75) is 26.3 Å². The van der Waals surface area contributed by atoms with Crippen LogP contribution in [-0.4, -0.2) is 35.8 Å². The highest BCUT2D eigenvalue weighted by Gasteiger charge is 2.30. The van der Waals surface area contributed by atoms with E-state index in [-0.39, 0.29) is 24.4 Å². The number of benzene rings is 1. The molecule has 1 unspecified atom stereocenters. The number of carbonyl (C=O) groups is 2. The molecule has 1 aliphatic rings. The number of rotatable bonds is 4. The first-order chi connectivity index (χ1) is 9.49. The van der Waals surface area contributed by atoms with Crippen molar-refractivity contribution in [3.8, 4) is 0 Å². The minimum absolute atomic E-state index is 0.0131. The van der Waals surface area contributed by atoms with Crippen LogP contribution in [0.25, 0.3) is 0 Å². The Kier molecular flexibility index (Phi) is 4.27. The fourth-order valence-electron chi connectivity index (χ4n) is 2.53. The molecule has 2 rings (SSSR count). The molecule has 2 amide bonds. The third kappa shape index (κ3) is 3.10. The van der Waals surface area contributed by atoms with Gasteiger partial charge in [0.25, 0.3) is 0 Å². The molecule has 108 valence electrons. The van der Waals surface area contributed by atoms with Crippen molar-refractivity contribution in [2.24, 2.45) is 11.7 Å². The number of amides is 2. The maximum Gasteiger partial charge on any atom is 0.237 e. The number of nitrogens with two attached hydrogens (primary N) is 1. The zero-order valence-electron chi connectivity index (χ0n) is 11.9. The van der Waals surface area contributed by atoms with Crippen LogP contribution in [0.5, 0.6) is 0 Å². The van der Waals surface area contributed by atoms with Gasteiger partial charge in [-0.15, -0.1) is 0 Å². The summed E-state index contributed by atoms with van der Waals surface area (Å²) in [4.78, 5) is 25.2. The molecule has 5 nitrogen and oxygen atoms in total.